The van der Waals surface area contributed by atoms with E-state index in [0.717, 1.165) is 10.9 Å². The van der Waals surface area contributed by atoms with Gasteiger partial charge in [0.15, 0.2) is 5.82 Å². The lowest BCUT2D eigenvalue weighted by molar-refractivity contribution is -0.121. The summed E-state index contributed by atoms with van der Waals surface area (Å²) in [7, 11) is 0. The Kier molecular flexibility index (Phi) is 7.76. The highest BCUT2D eigenvalue weighted by atomic mass is 35.5. The van der Waals surface area contributed by atoms with E-state index in [1.807, 2.05) is 39.0 Å². The number of nitrogens with zero attached hydrogens (tertiary/aromatic N) is 2. The van der Waals surface area contributed by atoms with Gasteiger partial charge in [-0.1, -0.05) is 62.3 Å². The Balaban J connectivity index is 0.00000300. The molecule has 6 nitrogen and oxygen atoms in total. The SMILES string of the molecule is CC(C)(C)c1noc(CCCC(=O)NC(CN)c2ccc3ccccc3c2)n1.Cl. The molecule has 2 aromatic carbocycles. The zero-order valence-corrected chi connectivity index (χ0v) is 18.0. The predicted molar refractivity (Wildman–Crippen MR) is 117 cm³/mol. The zero-order valence-electron chi connectivity index (χ0n) is 17.1. The molecule has 0 aliphatic rings. The van der Waals surface area contributed by atoms with E-state index in [0.29, 0.717) is 37.5 Å². The van der Waals surface area contributed by atoms with Gasteiger partial charge in [0.25, 0.3) is 0 Å². The summed E-state index contributed by atoms with van der Waals surface area (Å²) >= 11 is 0. The molecule has 156 valence electrons. The molecule has 1 amide bonds. The number of rotatable bonds is 7. The molecule has 0 spiro atoms. The molecule has 0 bridgehead atoms. The Morgan fingerprint density at radius 2 is 1.90 bits per heavy atom. The molecule has 0 aliphatic carbocycles. The van der Waals surface area contributed by atoms with Gasteiger partial charge in [0.2, 0.25) is 11.8 Å². The molecule has 1 heterocycles. The molecule has 3 aromatic rings. The molecule has 0 saturated heterocycles. The number of halogens is 1. The summed E-state index contributed by atoms with van der Waals surface area (Å²) in [6.45, 7) is 6.46. The van der Waals surface area contributed by atoms with Crippen LogP contribution in [-0.2, 0) is 16.6 Å². The Morgan fingerprint density at radius 3 is 2.55 bits per heavy atom. The van der Waals surface area contributed by atoms with Gasteiger partial charge >= 0.3 is 0 Å². The minimum atomic E-state index is -0.201. The quantitative estimate of drug-likeness (QED) is 0.605. The fourth-order valence-electron chi connectivity index (χ4n) is 3.03. The number of benzene rings is 2. The van der Waals surface area contributed by atoms with Crippen LogP contribution in [0.3, 0.4) is 0 Å². The van der Waals surface area contributed by atoms with Crippen LogP contribution < -0.4 is 11.1 Å². The topological polar surface area (TPSA) is 94.0 Å². The lowest BCUT2D eigenvalue weighted by Gasteiger charge is -2.18. The highest BCUT2D eigenvalue weighted by Crippen LogP contribution is 2.21. The van der Waals surface area contributed by atoms with E-state index in [4.69, 9.17) is 10.3 Å². The maximum Gasteiger partial charge on any atom is 0.226 e. The molecule has 3 N–H and O–H groups in total. The number of carbonyl (C=O) groups is 1. The minimum Gasteiger partial charge on any atom is -0.348 e. The third kappa shape index (κ3) is 6.02. The summed E-state index contributed by atoms with van der Waals surface area (Å²) < 4.78 is 5.27. The monoisotopic (exact) mass is 416 g/mol. The van der Waals surface area contributed by atoms with Crippen LogP contribution in [0.15, 0.2) is 47.0 Å². The third-order valence-corrected chi connectivity index (χ3v) is 4.68. The largest absolute Gasteiger partial charge is 0.348 e. The van der Waals surface area contributed by atoms with Crippen LogP contribution in [-0.4, -0.2) is 22.6 Å². The average molecular weight is 417 g/mol. The number of nitrogens with one attached hydrogen (secondary N) is 1. The van der Waals surface area contributed by atoms with Crippen molar-refractivity contribution in [2.24, 2.45) is 5.73 Å². The van der Waals surface area contributed by atoms with Gasteiger partial charge in [-0.2, -0.15) is 4.98 Å². The number of aromatic nitrogens is 2. The first kappa shape index (κ1) is 22.8. The van der Waals surface area contributed by atoms with Crippen molar-refractivity contribution in [3.63, 3.8) is 0 Å². The highest BCUT2D eigenvalue weighted by Gasteiger charge is 2.21. The maximum atomic E-state index is 12.4. The molecule has 1 unspecified atom stereocenters. The van der Waals surface area contributed by atoms with E-state index >= 15 is 0 Å². The van der Waals surface area contributed by atoms with Crippen LogP contribution in [0.25, 0.3) is 10.8 Å². The van der Waals surface area contributed by atoms with Crippen LogP contribution in [0.4, 0.5) is 0 Å². The minimum absolute atomic E-state index is 0. The first-order chi connectivity index (χ1) is 13.4. The van der Waals surface area contributed by atoms with Crippen molar-refractivity contribution in [3.8, 4) is 0 Å². The smallest absolute Gasteiger partial charge is 0.226 e. The highest BCUT2D eigenvalue weighted by molar-refractivity contribution is 5.85. The van der Waals surface area contributed by atoms with Gasteiger partial charge in [0.1, 0.15) is 0 Å². The van der Waals surface area contributed by atoms with Crippen molar-refractivity contribution in [2.75, 3.05) is 6.54 Å². The van der Waals surface area contributed by atoms with Crippen LogP contribution in [0.1, 0.15) is 56.9 Å². The van der Waals surface area contributed by atoms with E-state index in [-0.39, 0.29) is 29.8 Å². The number of aryl methyl sites for hydroxylation is 1. The van der Waals surface area contributed by atoms with Crippen molar-refractivity contribution in [2.45, 2.75) is 51.5 Å². The van der Waals surface area contributed by atoms with Gasteiger partial charge < -0.3 is 15.6 Å². The normalized spacial score (nSPS) is 12.4. The second-order valence-corrected chi connectivity index (χ2v) is 8.08. The molecule has 1 atom stereocenters. The Hall–Kier alpha value is -2.44. The zero-order chi connectivity index (χ0) is 20.1. The first-order valence-corrected chi connectivity index (χ1v) is 9.68. The van der Waals surface area contributed by atoms with Gasteiger partial charge in [-0.05, 0) is 28.8 Å². The van der Waals surface area contributed by atoms with Crippen LogP contribution in [0.5, 0.6) is 0 Å². The van der Waals surface area contributed by atoms with Crippen molar-refractivity contribution in [1.82, 2.24) is 15.5 Å². The molecule has 3 rings (SSSR count). The van der Waals surface area contributed by atoms with Crippen LogP contribution in [0, 0.1) is 0 Å². The number of amides is 1. The van der Waals surface area contributed by atoms with E-state index in [9.17, 15) is 4.79 Å². The summed E-state index contributed by atoms with van der Waals surface area (Å²) in [5, 5.41) is 9.35. The third-order valence-electron chi connectivity index (χ3n) is 4.68. The molecule has 0 aliphatic heterocycles. The van der Waals surface area contributed by atoms with E-state index in [1.54, 1.807) is 0 Å². The van der Waals surface area contributed by atoms with Gasteiger partial charge in [-0.3, -0.25) is 4.79 Å². The molecule has 7 heteroatoms. The van der Waals surface area contributed by atoms with E-state index in [1.165, 1.54) is 5.39 Å². The molecule has 0 fully saturated rings. The standard InChI is InChI=1S/C22H28N4O2.ClH/c1-22(2,3)21-25-20(28-26-21)10-6-9-19(27)24-18(14-23)17-12-11-15-7-4-5-8-16(15)13-17;/h4-5,7-8,11-13,18H,6,9-10,14,23H2,1-3H3,(H,24,27);1H. The van der Waals surface area contributed by atoms with Crippen molar-refractivity contribution >= 4 is 29.1 Å². The molecule has 1 aromatic heterocycles. The van der Waals surface area contributed by atoms with Gasteiger partial charge in [-0.25, -0.2) is 0 Å². The summed E-state index contributed by atoms with van der Waals surface area (Å²) in [6.07, 6.45) is 1.61. The maximum absolute atomic E-state index is 12.4. The average Bonchev–Trinajstić information content (AvgIpc) is 3.15. The molecule has 0 radical (unpaired) electrons. The number of carbonyl (C=O) groups excluding carboxylic acids is 1. The summed E-state index contributed by atoms with van der Waals surface area (Å²) in [6, 6.07) is 14.1. The number of fused-ring (bicyclic) bond motifs is 1. The molecule has 0 saturated carbocycles. The second-order valence-electron chi connectivity index (χ2n) is 8.08. The predicted octanol–water partition coefficient (Wildman–Crippen LogP) is 4.08. The lowest BCUT2D eigenvalue weighted by atomic mass is 9.96. The molecular weight excluding hydrogens is 388 g/mol. The van der Waals surface area contributed by atoms with Crippen molar-refractivity contribution in [3.05, 3.63) is 59.7 Å². The fourth-order valence-corrected chi connectivity index (χ4v) is 3.03. The fraction of sp³-hybridized carbons (Fsp3) is 0.409. The Morgan fingerprint density at radius 1 is 1.17 bits per heavy atom. The van der Waals surface area contributed by atoms with Gasteiger partial charge in [-0.15, -0.1) is 12.4 Å². The Labute approximate surface area is 177 Å². The van der Waals surface area contributed by atoms with Crippen LogP contribution >= 0.6 is 12.4 Å². The first-order valence-electron chi connectivity index (χ1n) is 9.68. The second kappa shape index (κ2) is 9.85. The molecular formula is C22H29ClN4O2. The Bertz CT molecular complexity index is 949. The summed E-state index contributed by atoms with van der Waals surface area (Å²) in [5.74, 6) is 1.23. The summed E-state index contributed by atoms with van der Waals surface area (Å²) in [5.41, 5.74) is 6.78. The van der Waals surface area contributed by atoms with E-state index < -0.39 is 0 Å². The van der Waals surface area contributed by atoms with Crippen LogP contribution in [0.2, 0.25) is 0 Å². The van der Waals surface area contributed by atoms with Crippen molar-refractivity contribution in [1.29, 1.82) is 0 Å². The lowest BCUT2D eigenvalue weighted by Crippen LogP contribution is -2.33. The number of hydrogen-bond acceptors (Lipinski definition) is 5. The van der Waals surface area contributed by atoms with Gasteiger partial charge in [0, 0.05) is 24.8 Å². The molecule has 29 heavy (non-hydrogen) atoms. The van der Waals surface area contributed by atoms with Gasteiger partial charge in [0.05, 0.1) is 6.04 Å². The summed E-state index contributed by atoms with van der Waals surface area (Å²) in [4.78, 5) is 16.8. The van der Waals surface area contributed by atoms with Crippen molar-refractivity contribution < 1.29 is 9.32 Å². The number of nitrogens with two attached hydrogens (primary N) is 1. The number of hydrogen-bond donors (Lipinski definition) is 2. The van der Waals surface area contributed by atoms with E-state index in [2.05, 4.69) is 39.7 Å².